The second kappa shape index (κ2) is 8.88. The molecule has 1 fully saturated rings. The van der Waals surface area contributed by atoms with Crippen LogP contribution in [0.15, 0.2) is 66.4 Å². The van der Waals surface area contributed by atoms with E-state index in [0.29, 0.717) is 35.8 Å². The van der Waals surface area contributed by atoms with E-state index in [0.717, 1.165) is 17.8 Å². The predicted molar refractivity (Wildman–Crippen MR) is 116 cm³/mol. The zero-order valence-electron chi connectivity index (χ0n) is 16.8. The van der Waals surface area contributed by atoms with Crippen LogP contribution in [-0.4, -0.2) is 42.7 Å². The topological polar surface area (TPSA) is 61.8 Å². The molecule has 2 aliphatic rings. The fourth-order valence-electron chi connectivity index (χ4n) is 3.84. The molecular weight excluding hydrogens is 445 g/mol. The molecule has 2 aliphatic heterocycles. The number of benzene rings is 2. The predicted octanol–water partition coefficient (Wildman–Crippen LogP) is 5.23. The largest absolute Gasteiger partial charge is 0.478 e. The summed E-state index contributed by atoms with van der Waals surface area (Å²) in [5, 5.41) is 12.9. The number of carboxylic acids is 1. The minimum Gasteiger partial charge on any atom is -0.478 e. The quantitative estimate of drug-likeness (QED) is 0.634. The van der Waals surface area contributed by atoms with E-state index in [4.69, 9.17) is 16.3 Å². The average Bonchev–Trinajstić information content (AvgIpc) is 3.21. The van der Waals surface area contributed by atoms with Crippen molar-refractivity contribution in [2.24, 2.45) is 0 Å². The molecule has 9 heteroatoms. The molecule has 2 atom stereocenters. The van der Waals surface area contributed by atoms with Gasteiger partial charge >= 0.3 is 12.1 Å². The molecule has 0 saturated carbocycles. The minimum absolute atomic E-state index is 0.150. The maximum Gasteiger partial charge on any atom is 0.417 e. The molecule has 2 aromatic rings. The molecule has 0 amide bonds. The van der Waals surface area contributed by atoms with Gasteiger partial charge in [-0.3, -0.25) is 0 Å². The van der Waals surface area contributed by atoms with E-state index in [9.17, 15) is 23.1 Å². The Balaban J connectivity index is 1.46. The highest BCUT2D eigenvalue weighted by Crippen LogP contribution is 2.34. The zero-order chi connectivity index (χ0) is 22.9. The lowest BCUT2D eigenvalue weighted by molar-refractivity contribution is -0.0896. The number of aromatic carboxylic acids is 1. The molecule has 4 rings (SSSR count). The summed E-state index contributed by atoms with van der Waals surface area (Å²) in [6, 6.07) is 12.4. The molecule has 2 unspecified atom stereocenters. The van der Waals surface area contributed by atoms with Gasteiger partial charge in [-0.2, -0.15) is 13.2 Å². The number of hydrogen-bond acceptors (Lipinski definition) is 4. The number of carbonyl (C=O) groups is 1. The Hall–Kier alpha value is -2.97. The monoisotopic (exact) mass is 464 g/mol. The van der Waals surface area contributed by atoms with Crippen molar-refractivity contribution in [3.05, 3.63) is 77.0 Å². The van der Waals surface area contributed by atoms with Crippen LogP contribution in [0.5, 0.6) is 0 Å². The van der Waals surface area contributed by atoms with Crippen molar-refractivity contribution in [3.63, 3.8) is 0 Å². The van der Waals surface area contributed by atoms with Crippen LogP contribution in [0.3, 0.4) is 0 Å². The Morgan fingerprint density at radius 3 is 2.66 bits per heavy atom. The summed E-state index contributed by atoms with van der Waals surface area (Å²) >= 11 is 6.25. The first-order chi connectivity index (χ1) is 15.2. The van der Waals surface area contributed by atoms with E-state index in [-0.39, 0.29) is 11.7 Å². The molecule has 168 valence electrons. The number of anilines is 1. The Morgan fingerprint density at radius 2 is 2.00 bits per heavy atom. The molecule has 2 aromatic carbocycles. The number of nitrogens with zero attached hydrogens (tertiary/aromatic N) is 1. The summed E-state index contributed by atoms with van der Waals surface area (Å²) in [6.45, 7) is 0.990. The number of rotatable bonds is 5. The number of ether oxygens (including phenoxy) is 1. The van der Waals surface area contributed by atoms with Crippen molar-refractivity contribution >= 4 is 23.3 Å². The van der Waals surface area contributed by atoms with Crippen LogP contribution in [0.2, 0.25) is 5.02 Å². The molecule has 2 heterocycles. The second-order valence-electron chi connectivity index (χ2n) is 7.55. The second-order valence-corrected chi connectivity index (χ2v) is 7.96. The van der Waals surface area contributed by atoms with Gasteiger partial charge in [0.25, 0.3) is 0 Å². The fraction of sp³-hybridized carbons (Fsp3) is 0.261. The van der Waals surface area contributed by atoms with Crippen molar-refractivity contribution < 1.29 is 27.8 Å². The van der Waals surface area contributed by atoms with Gasteiger partial charge in [-0.15, -0.1) is 0 Å². The van der Waals surface area contributed by atoms with E-state index >= 15 is 0 Å². The molecule has 5 nitrogen and oxygen atoms in total. The summed E-state index contributed by atoms with van der Waals surface area (Å²) in [4.78, 5) is 13.9. The van der Waals surface area contributed by atoms with Crippen LogP contribution in [-0.2, 0) is 4.74 Å². The normalized spacial score (nSPS) is 20.8. The lowest BCUT2D eigenvalue weighted by atomic mass is 10.0. The number of allylic oxidation sites excluding steroid dienone is 2. The van der Waals surface area contributed by atoms with Gasteiger partial charge in [0, 0.05) is 29.9 Å². The number of hydrogen-bond donors (Lipinski definition) is 2. The maximum atomic E-state index is 12.7. The van der Waals surface area contributed by atoms with Crippen molar-refractivity contribution in [2.75, 3.05) is 18.0 Å². The number of carboxylic acid groups (broad SMARTS) is 1. The van der Waals surface area contributed by atoms with Crippen molar-refractivity contribution in [3.8, 4) is 11.1 Å². The molecule has 0 radical (unpaired) electrons. The van der Waals surface area contributed by atoms with Gasteiger partial charge in [0.1, 0.15) is 6.23 Å². The number of alkyl halides is 3. The van der Waals surface area contributed by atoms with E-state index in [1.807, 2.05) is 23.1 Å². The number of nitrogens with one attached hydrogen (secondary N) is 1. The molecule has 1 saturated heterocycles. The molecule has 0 spiro atoms. The Morgan fingerprint density at radius 1 is 1.22 bits per heavy atom. The van der Waals surface area contributed by atoms with E-state index < -0.39 is 23.9 Å². The minimum atomic E-state index is -4.41. The van der Waals surface area contributed by atoms with Crippen LogP contribution in [0, 0.1) is 0 Å². The van der Waals surface area contributed by atoms with Gasteiger partial charge in [0.2, 0.25) is 0 Å². The smallest absolute Gasteiger partial charge is 0.417 e. The van der Waals surface area contributed by atoms with Crippen molar-refractivity contribution in [1.82, 2.24) is 5.32 Å². The first-order valence-corrected chi connectivity index (χ1v) is 10.3. The van der Waals surface area contributed by atoms with Gasteiger partial charge in [0.05, 0.1) is 22.9 Å². The van der Waals surface area contributed by atoms with Crippen LogP contribution in [0.4, 0.5) is 18.9 Å². The maximum absolute atomic E-state index is 12.7. The van der Waals surface area contributed by atoms with E-state index in [1.54, 1.807) is 24.3 Å². The fourth-order valence-corrected chi connectivity index (χ4v) is 4.08. The lowest BCUT2D eigenvalue weighted by Gasteiger charge is -2.25. The highest BCUT2D eigenvalue weighted by molar-refractivity contribution is 6.33. The van der Waals surface area contributed by atoms with Crippen LogP contribution >= 0.6 is 11.6 Å². The van der Waals surface area contributed by atoms with Crippen LogP contribution < -0.4 is 10.2 Å². The number of halogens is 4. The van der Waals surface area contributed by atoms with Gasteiger partial charge in [0.15, 0.2) is 0 Å². The summed E-state index contributed by atoms with van der Waals surface area (Å²) in [6.07, 6.45) is -1.52. The number of dihydropyridines is 1. The molecule has 0 aromatic heterocycles. The standard InChI is InChI=1S/C23H20ClF3N2O3/c24-19-4-2-1-3-17(19)14-5-7-20(18(11-14)22(30)31)29-10-9-16(13-29)32-21-8-6-15(12-28-21)23(25,26)27/h1-8,11-12,16,21,28H,9-10,13H2,(H,30,31). The summed E-state index contributed by atoms with van der Waals surface area (Å²) < 4.78 is 44.0. The van der Waals surface area contributed by atoms with Crippen LogP contribution in [0.1, 0.15) is 16.8 Å². The summed E-state index contributed by atoms with van der Waals surface area (Å²) in [7, 11) is 0. The Labute approximate surface area is 187 Å². The zero-order valence-corrected chi connectivity index (χ0v) is 17.5. The van der Waals surface area contributed by atoms with Gasteiger partial charge in [-0.1, -0.05) is 35.9 Å². The summed E-state index contributed by atoms with van der Waals surface area (Å²) in [5.74, 6) is -1.06. The highest BCUT2D eigenvalue weighted by atomic mass is 35.5. The highest BCUT2D eigenvalue weighted by Gasteiger charge is 2.34. The third kappa shape index (κ3) is 4.76. The van der Waals surface area contributed by atoms with E-state index in [1.165, 1.54) is 6.08 Å². The van der Waals surface area contributed by atoms with Gasteiger partial charge in [-0.25, -0.2) is 4.79 Å². The van der Waals surface area contributed by atoms with Crippen molar-refractivity contribution in [1.29, 1.82) is 0 Å². The lowest BCUT2D eigenvalue weighted by Crippen LogP contribution is -2.35. The third-order valence-electron chi connectivity index (χ3n) is 5.42. The Kier molecular flexibility index (Phi) is 6.17. The van der Waals surface area contributed by atoms with Gasteiger partial charge < -0.3 is 20.1 Å². The molecular formula is C23H20ClF3N2O3. The summed E-state index contributed by atoms with van der Waals surface area (Å²) in [5.41, 5.74) is 1.39. The first kappa shape index (κ1) is 22.2. The van der Waals surface area contributed by atoms with Gasteiger partial charge in [-0.05, 0) is 42.3 Å². The van der Waals surface area contributed by atoms with Crippen LogP contribution in [0.25, 0.3) is 11.1 Å². The average molecular weight is 465 g/mol. The molecule has 0 aliphatic carbocycles. The SMILES string of the molecule is O=C(O)c1cc(-c2ccccc2Cl)ccc1N1CCC(OC2C=CC(C(F)(F)F)=CN2)C1. The molecule has 2 N–H and O–H groups in total. The van der Waals surface area contributed by atoms with Crippen molar-refractivity contribution in [2.45, 2.75) is 24.9 Å². The molecule has 0 bridgehead atoms. The first-order valence-electron chi connectivity index (χ1n) is 9.96. The third-order valence-corrected chi connectivity index (χ3v) is 5.75. The van der Waals surface area contributed by atoms with E-state index in [2.05, 4.69) is 5.32 Å². The Bertz CT molecular complexity index is 1080. The molecule has 32 heavy (non-hydrogen) atoms.